The molecule has 3 heteroatoms. The van der Waals surface area contributed by atoms with Crippen molar-refractivity contribution in [1.29, 1.82) is 0 Å². The number of aliphatic hydroxyl groups is 2. The molecule has 2 rings (SSSR count). The monoisotopic (exact) mass is 199 g/mol. The van der Waals surface area contributed by atoms with Crippen molar-refractivity contribution >= 4 is 0 Å². The number of hydrogen-bond donors (Lipinski definition) is 2. The number of nitrogens with zero attached hydrogens (tertiary/aromatic N) is 1. The van der Waals surface area contributed by atoms with Gasteiger partial charge in [-0.2, -0.15) is 0 Å². The van der Waals surface area contributed by atoms with Crippen LogP contribution in [0.25, 0.3) is 0 Å². The minimum absolute atomic E-state index is 0.165. The molecule has 3 nitrogen and oxygen atoms in total. The molecule has 0 spiro atoms. The summed E-state index contributed by atoms with van der Waals surface area (Å²) in [6, 6.07) is 0. The summed E-state index contributed by atoms with van der Waals surface area (Å²) < 4.78 is 0. The Morgan fingerprint density at radius 2 is 1.93 bits per heavy atom. The zero-order valence-electron chi connectivity index (χ0n) is 8.78. The Kier molecular flexibility index (Phi) is 3.10. The second-order valence-electron chi connectivity index (χ2n) is 4.96. The largest absolute Gasteiger partial charge is 0.392 e. The van der Waals surface area contributed by atoms with E-state index in [1.807, 2.05) is 0 Å². The van der Waals surface area contributed by atoms with Gasteiger partial charge in [0.25, 0.3) is 0 Å². The van der Waals surface area contributed by atoms with Gasteiger partial charge in [-0.25, -0.2) is 0 Å². The summed E-state index contributed by atoms with van der Waals surface area (Å²) in [6.45, 7) is 2.47. The first-order chi connectivity index (χ1) is 6.68. The van der Waals surface area contributed by atoms with Crippen LogP contribution in [0.15, 0.2) is 0 Å². The number of rotatable bonds is 2. The predicted molar refractivity (Wildman–Crippen MR) is 55.1 cm³/mol. The maximum Gasteiger partial charge on any atom is 0.0774 e. The molecule has 0 aromatic heterocycles. The van der Waals surface area contributed by atoms with Crippen LogP contribution in [0, 0.1) is 0 Å². The zero-order valence-corrected chi connectivity index (χ0v) is 8.78. The van der Waals surface area contributed by atoms with Crippen molar-refractivity contribution in [2.45, 2.75) is 50.2 Å². The number of aliphatic hydroxyl groups excluding tert-OH is 1. The number of β-amino-alcohol motifs (C(OH)–C–C–N with tert-alkyl or cyclic N) is 2. The molecule has 0 radical (unpaired) electrons. The molecule has 2 N–H and O–H groups in total. The van der Waals surface area contributed by atoms with Crippen LogP contribution in [0.2, 0.25) is 0 Å². The third kappa shape index (κ3) is 2.47. The molecule has 1 saturated carbocycles. The first kappa shape index (κ1) is 10.4. The third-order valence-corrected chi connectivity index (χ3v) is 3.55. The molecule has 1 saturated heterocycles. The normalized spacial score (nSPS) is 33.4. The summed E-state index contributed by atoms with van der Waals surface area (Å²) in [5.41, 5.74) is -0.456. The van der Waals surface area contributed by atoms with E-state index in [-0.39, 0.29) is 6.10 Å². The summed E-state index contributed by atoms with van der Waals surface area (Å²) in [7, 11) is 0. The van der Waals surface area contributed by atoms with Crippen molar-refractivity contribution in [2.75, 3.05) is 19.6 Å². The summed E-state index contributed by atoms with van der Waals surface area (Å²) in [5, 5.41) is 19.7. The lowest BCUT2D eigenvalue weighted by molar-refractivity contribution is -0.0233. The minimum Gasteiger partial charge on any atom is -0.392 e. The molecular formula is C11H21NO2. The first-order valence-corrected chi connectivity index (χ1v) is 5.81. The summed E-state index contributed by atoms with van der Waals surface area (Å²) in [5.74, 6) is 0. The third-order valence-electron chi connectivity index (χ3n) is 3.55. The quantitative estimate of drug-likeness (QED) is 0.689. The van der Waals surface area contributed by atoms with Gasteiger partial charge in [0.1, 0.15) is 0 Å². The van der Waals surface area contributed by atoms with Gasteiger partial charge in [0.15, 0.2) is 0 Å². The molecule has 1 unspecified atom stereocenters. The van der Waals surface area contributed by atoms with Gasteiger partial charge in [-0.3, -0.25) is 4.90 Å². The Balaban J connectivity index is 1.83. The van der Waals surface area contributed by atoms with Crippen molar-refractivity contribution in [1.82, 2.24) is 4.90 Å². The second kappa shape index (κ2) is 4.17. The first-order valence-electron chi connectivity index (χ1n) is 5.81. The molecule has 1 heterocycles. The van der Waals surface area contributed by atoms with Crippen LogP contribution in [-0.4, -0.2) is 46.5 Å². The molecule has 0 amide bonds. The van der Waals surface area contributed by atoms with E-state index in [1.54, 1.807) is 0 Å². The van der Waals surface area contributed by atoms with Gasteiger partial charge in [0.2, 0.25) is 0 Å². The van der Waals surface area contributed by atoms with E-state index in [2.05, 4.69) is 4.90 Å². The van der Waals surface area contributed by atoms with Crippen molar-refractivity contribution in [3.8, 4) is 0 Å². The van der Waals surface area contributed by atoms with Crippen LogP contribution in [0.4, 0.5) is 0 Å². The fourth-order valence-electron chi connectivity index (χ4n) is 2.74. The van der Waals surface area contributed by atoms with Crippen LogP contribution in [0.5, 0.6) is 0 Å². The molecule has 0 aromatic carbocycles. The minimum atomic E-state index is -0.456. The maximum absolute atomic E-state index is 10.3. The van der Waals surface area contributed by atoms with E-state index < -0.39 is 5.60 Å². The van der Waals surface area contributed by atoms with E-state index in [0.717, 1.165) is 51.7 Å². The van der Waals surface area contributed by atoms with Crippen LogP contribution in [-0.2, 0) is 0 Å². The summed E-state index contributed by atoms with van der Waals surface area (Å²) >= 11 is 0. The van der Waals surface area contributed by atoms with Gasteiger partial charge in [-0.05, 0) is 19.3 Å². The Morgan fingerprint density at radius 1 is 1.21 bits per heavy atom. The lowest BCUT2D eigenvalue weighted by Gasteiger charge is -2.35. The maximum atomic E-state index is 10.3. The van der Waals surface area contributed by atoms with Gasteiger partial charge in [0, 0.05) is 19.6 Å². The van der Waals surface area contributed by atoms with Gasteiger partial charge < -0.3 is 10.2 Å². The Labute approximate surface area is 85.7 Å². The van der Waals surface area contributed by atoms with Crippen molar-refractivity contribution < 1.29 is 10.2 Å². The molecule has 2 aliphatic rings. The lowest BCUT2D eigenvalue weighted by atomic mass is 9.84. The highest BCUT2D eigenvalue weighted by atomic mass is 16.3. The molecule has 82 valence electrons. The van der Waals surface area contributed by atoms with E-state index in [9.17, 15) is 10.2 Å². The number of likely N-dealkylation sites (tertiary alicyclic amines) is 1. The highest BCUT2D eigenvalue weighted by Gasteiger charge is 2.33. The van der Waals surface area contributed by atoms with E-state index in [4.69, 9.17) is 0 Å². The molecule has 1 aliphatic heterocycles. The zero-order chi connectivity index (χ0) is 10.0. The van der Waals surface area contributed by atoms with Crippen LogP contribution in [0.3, 0.4) is 0 Å². The van der Waals surface area contributed by atoms with Gasteiger partial charge >= 0.3 is 0 Å². The van der Waals surface area contributed by atoms with Crippen LogP contribution in [0.1, 0.15) is 38.5 Å². The summed E-state index contributed by atoms with van der Waals surface area (Å²) in [6.07, 6.45) is 6.18. The van der Waals surface area contributed by atoms with Crippen molar-refractivity contribution in [3.63, 3.8) is 0 Å². The van der Waals surface area contributed by atoms with E-state index in [0.29, 0.717) is 0 Å². The fraction of sp³-hybridized carbons (Fsp3) is 1.00. The SMILES string of the molecule is OC1CCN(CC2(O)CCCCC2)C1. The number of hydrogen-bond acceptors (Lipinski definition) is 3. The summed E-state index contributed by atoms with van der Waals surface area (Å²) in [4.78, 5) is 2.20. The van der Waals surface area contributed by atoms with Crippen molar-refractivity contribution in [3.05, 3.63) is 0 Å². The van der Waals surface area contributed by atoms with Crippen LogP contribution >= 0.6 is 0 Å². The van der Waals surface area contributed by atoms with Gasteiger partial charge in [-0.1, -0.05) is 19.3 Å². The Hall–Kier alpha value is -0.120. The van der Waals surface area contributed by atoms with Crippen molar-refractivity contribution in [2.24, 2.45) is 0 Å². The molecule has 0 aromatic rings. The van der Waals surface area contributed by atoms with Gasteiger partial charge in [0.05, 0.1) is 11.7 Å². The van der Waals surface area contributed by atoms with Crippen LogP contribution < -0.4 is 0 Å². The highest BCUT2D eigenvalue weighted by Crippen LogP contribution is 2.29. The topological polar surface area (TPSA) is 43.7 Å². The predicted octanol–water partition coefficient (Wildman–Crippen LogP) is 0.748. The smallest absolute Gasteiger partial charge is 0.0774 e. The second-order valence-corrected chi connectivity index (χ2v) is 4.96. The molecular weight excluding hydrogens is 178 g/mol. The highest BCUT2D eigenvalue weighted by molar-refractivity contribution is 4.88. The Morgan fingerprint density at radius 3 is 2.50 bits per heavy atom. The van der Waals surface area contributed by atoms with E-state index >= 15 is 0 Å². The standard InChI is InChI=1S/C11H21NO2/c13-10-4-7-12(8-10)9-11(14)5-2-1-3-6-11/h10,13-14H,1-9H2. The van der Waals surface area contributed by atoms with E-state index in [1.165, 1.54) is 6.42 Å². The Bertz CT molecular complexity index is 190. The average Bonchev–Trinajstić information content (AvgIpc) is 2.51. The fourth-order valence-corrected chi connectivity index (χ4v) is 2.74. The van der Waals surface area contributed by atoms with Gasteiger partial charge in [-0.15, -0.1) is 0 Å². The molecule has 0 bridgehead atoms. The molecule has 1 aliphatic carbocycles. The molecule has 1 atom stereocenters. The molecule has 14 heavy (non-hydrogen) atoms. The lowest BCUT2D eigenvalue weighted by Crippen LogP contribution is -2.43. The average molecular weight is 199 g/mol. The molecule has 2 fully saturated rings.